The molecule has 5 heteroatoms. The van der Waals surface area contributed by atoms with Gasteiger partial charge < -0.3 is 4.42 Å². The van der Waals surface area contributed by atoms with Crippen LogP contribution in [-0.4, -0.2) is 19.7 Å². The minimum absolute atomic E-state index is 0.506. The van der Waals surface area contributed by atoms with E-state index in [1.165, 1.54) is 11.1 Å². The molecule has 2 aromatic heterocycles. The second-order valence-corrected chi connectivity index (χ2v) is 7.45. The van der Waals surface area contributed by atoms with Crippen LogP contribution in [0.3, 0.4) is 0 Å². The number of aromatic nitrogens is 4. The standard InChI is InChI=1S/C22H24N4O/c1-14(2)11-21-24-22(17-9-10-19-20(12-17)27-16(4)23-19)26(25-21)13-18-8-6-5-7-15(18)3/h5-10,12,14H,11,13H2,1-4H3. The van der Waals surface area contributed by atoms with Gasteiger partial charge in [-0.05, 0) is 42.2 Å². The smallest absolute Gasteiger partial charge is 0.192 e. The average molecular weight is 360 g/mol. The molecule has 138 valence electrons. The van der Waals surface area contributed by atoms with Crippen molar-refractivity contribution in [3.05, 3.63) is 65.3 Å². The second kappa shape index (κ2) is 6.99. The number of hydrogen-bond donors (Lipinski definition) is 0. The summed E-state index contributed by atoms with van der Waals surface area (Å²) in [6.45, 7) is 9.06. The first-order valence-corrected chi connectivity index (χ1v) is 9.35. The Balaban J connectivity index is 1.79. The lowest BCUT2D eigenvalue weighted by atomic mass is 10.1. The van der Waals surface area contributed by atoms with Gasteiger partial charge >= 0.3 is 0 Å². The summed E-state index contributed by atoms with van der Waals surface area (Å²) in [4.78, 5) is 9.23. The van der Waals surface area contributed by atoms with Crippen LogP contribution >= 0.6 is 0 Å². The first-order valence-electron chi connectivity index (χ1n) is 9.35. The fraction of sp³-hybridized carbons (Fsp3) is 0.318. The van der Waals surface area contributed by atoms with E-state index in [0.717, 1.165) is 34.7 Å². The van der Waals surface area contributed by atoms with E-state index in [-0.39, 0.29) is 0 Å². The van der Waals surface area contributed by atoms with Crippen molar-refractivity contribution in [1.82, 2.24) is 19.7 Å². The van der Waals surface area contributed by atoms with Crippen LogP contribution in [-0.2, 0) is 13.0 Å². The molecule has 2 heterocycles. The SMILES string of the molecule is Cc1nc2ccc(-c3nc(CC(C)C)nn3Cc3ccccc3C)cc2o1. The molecule has 0 unspecified atom stereocenters. The number of aryl methyl sites for hydroxylation is 2. The number of nitrogens with zero attached hydrogens (tertiary/aromatic N) is 4. The van der Waals surface area contributed by atoms with Crippen molar-refractivity contribution in [2.24, 2.45) is 5.92 Å². The zero-order chi connectivity index (χ0) is 19.0. The number of oxazole rings is 1. The molecule has 0 aliphatic carbocycles. The highest BCUT2D eigenvalue weighted by Gasteiger charge is 2.15. The average Bonchev–Trinajstić information content (AvgIpc) is 3.17. The Morgan fingerprint density at radius 1 is 1.04 bits per heavy atom. The molecular formula is C22H24N4O. The molecule has 0 spiro atoms. The third-order valence-corrected chi connectivity index (χ3v) is 4.64. The Morgan fingerprint density at radius 3 is 2.63 bits per heavy atom. The van der Waals surface area contributed by atoms with Crippen molar-refractivity contribution in [1.29, 1.82) is 0 Å². The zero-order valence-electron chi connectivity index (χ0n) is 16.2. The summed E-state index contributed by atoms with van der Waals surface area (Å²) in [6.07, 6.45) is 0.859. The van der Waals surface area contributed by atoms with Crippen LogP contribution in [0.4, 0.5) is 0 Å². The Hall–Kier alpha value is -2.95. The summed E-state index contributed by atoms with van der Waals surface area (Å²) in [6, 6.07) is 14.4. The molecule has 0 amide bonds. The molecule has 0 atom stereocenters. The van der Waals surface area contributed by atoms with Gasteiger partial charge in [0.15, 0.2) is 23.1 Å². The topological polar surface area (TPSA) is 56.7 Å². The van der Waals surface area contributed by atoms with Crippen LogP contribution < -0.4 is 0 Å². The van der Waals surface area contributed by atoms with Crippen molar-refractivity contribution in [3.63, 3.8) is 0 Å². The van der Waals surface area contributed by atoms with Crippen molar-refractivity contribution >= 4 is 11.1 Å². The van der Waals surface area contributed by atoms with Gasteiger partial charge in [-0.1, -0.05) is 38.1 Å². The first-order chi connectivity index (χ1) is 13.0. The molecule has 4 aromatic rings. The second-order valence-electron chi connectivity index (χ2n) is 7.45. The van der Waals surface area contributed by atoms with Crippen LogP contribution in [0.5, 0.6) is 0 Å². The van der Waals surface area contributed by atoms with E-state index < -0.39 is 0 Å². The summed E-state index contributed by atoms with van der Waals surface area (Å²) >= 11 is 0. The van der Waals surface area contributed by atoms with Gasteiger partial charge in [-0.2, -0.15) is 5.10 Å². The molecule has 0 fully saturated rings. The highest BCUT2D eigenvalue weighted by atomic mass is 16.3. The third-order valence-electron chi connectivity index (χ3n) is 4.64. The molecule has 4 rings (SSSR count). The minimum atomic E-state index is 0.506. The lowest BCUT2D eigenvalue weighted by Gasteiger charge is -2.08. The molecular weight excluding hydrogens is 336 g/mol. The largest absolute Gasteiger partial charge is 0.441 e. The van der Waals surface area contributed by atoms with Crippen molar-refractivity contribution in [3.8, 4) is 11.4 Å². The molecule has 0 N–H and O–H groups in total. The molecule has 5 nitrogen and oxygen atoms in total. The molecule has 0 saturated heterocycles. The quantitative estimate of drug-likeness (QED) is 0.505. The molecule has 27 heavy (non-hydrogen) atoms. The van der Waals surface area contributed by atoms with Crippen molar-refractivity contribution in [2.75, 3.05) is 0 Å². The van der Waals surface area contributed by atoms with Gasteiger partial charge in [0.25, 0.3) is 0 Å². The van der Waals surface area contributed by atoms with E-state index in [1.54, 1.807) is 0 Å². The van der Waals surface area contributed by atoms with Crippen molar-refractivity contribution < 1.29 is 4.42 Å². The van der Waals surface area contributed by atoms with Crippen LogP contribution in [0, 0.1) is 19.8 Å². The van der Waals surface area contributed by atoms with E-state index in [9.17, 15) is 0 Å². The van der Waals surface area contributed by atoms with Gasteiger partial charge in [0, 0.05) is 18.9 Å². The maximum absolute atomic E-state index is 5.71. The van der Waals surface area contributed by atoms with Gasteiger partial charge in [0.1, 0.15) is 5.52 Å². The van der Waals surface area contributed by atoms with Gasteiger partial charge in [0.05, 0.1) is 6.54 Å². The maximum Gasteiger partial charge on any atom is 0.192 e. The Labute approximate surface area is 159 Å². The lowest BCUT2D eigenvalue weighted by molar-refractivity contribution is 0.561. The molecule has 0 aliphatic heterocycles. The Kier molecular flexibility index (Phi) is 4.52. The maximum atomic E-state index is 5.71. The van der Waals surface area contributed by atoms with Gasteiger partial charge in [-0.3, -0.25) is 0 Å². The Morgan fingerprint density at radius 2 is 1.85 bits per heavy atom. The molecule has 2 aromatic carbocycles. The summed E-state index contributed by atoms with van der Waals surface area (Å²) in [5.74, 6) is 2.92. The lowest BCUT2D eigenvalue weighted by Crippen LogP contribution is -2.06. The van der Waals surface area contributed by atoms with Gasteiger partial charge in [-0.25, -0.2) is 14.6 Å². The first kappa shape index (κ1) is 17.5. The van der Waals surface area contributed by atoms with Crippen molar-refractivity contribution in [2.45, 2.75) is 40.7 Å². The van der Waals surface area contributed by atoms with Gasteiger partial charge in [-0.15, -0.1) is 0 Å². The minimum Gasteiger partial charge on any atom is -0.441 e. The van der Waals surface area contributed by atoms with Crippen LogP contribution in [0.25, 0.3) is 22.5 Å². The van der Waals surface area contributed by atoms with Crippen LogP contribution in [0.2, 0.25) is 0 Å². The molecule has 0 saturated carbocycles. The molecule has 0 bridgehead atoms. The summed E-state index contributed by atoms with van der Waals surface area (Å²) in [7, 11) is 0. The predicted molar refractivity (Wildman–Crippen MR) is 107 cm³/mol. The fourth-order valence-corrected chi connectivity index (χ4v) is 3.29. The van der Waals surface area contributed by atoms with E-state index in [0.29, 0.717) is 18.4 Å². The van der Waals surface area contributed by atoms with Gasteiger partial charge in [0.2, 0.25) is 0 Å². The third kappa shape index (κ3) is 3.63. The van der Waals surface area contributed by atoms with E-state index in [1.807, 2.05) is 29.8 Å². The predicted octanol–water partition coefficient (Wildman–Crippen LogP) is 4.95. The summed E-state index contributed by atoms with van der Waals surface area (Å²) in [5.41, 5.74) is 5.14. The highest BCUT2D eigenvalue weighted by molar-refractivity contribution is 5.78. The normalized spacial score (nSPS) is 11.6. The molecule has 0 aliphatic rings. The van der Waals surface area contributed by atoms with Crippen LogP contribution in [0.15, 0.2) is 46.9 Å². The highest BCUT2D eigenvalue weighted by Crippen LogP contribution is 2.25. The van der Waals surface area contributed by atoms with E-state index in [4.69, 9.17) is 14.5 Å². The summed E-state index contributed by atoms with van der Waals surface area (Å²) in [5, 5.41) is 4.81. The zero-order valence-corrected chi connectivity index (χ0v) is 16.2. The number of hydrogen-bond acceptors (Lipinski definition) is 4. The fourth-order valence-electron chi connectivity index (χ4n) is 3.29. The summed E-state index contributed by atoms with van der Waals surface area (Å²) < 4.78 is 7.71. The number of rotatable bonds is 5. The van der Waals surface area contributed by atoms with E-state index in [2.05, 4.69) is 50.0 Å². The molecule has 0 radical (unpaired) electrons. The Bertz CT molecular complexity index is 1090. The van der Waals surface area contributed by atoms with Crippen LogP contribution in [0.1, 0.15) is 36.7 Å². The monoisotopic (exact) mass is 360 g/mol. The number of benzene rings is 2. The number of fused-ring (bicyclic) bond motifs is 1. The van der Waals surface area contributed by atoms with E-state index >= 15 is 0 Å².